The van der Waals surface area contributed by atoms with Crippen LogP contribution >= 0.6 is 34.8 Å². The molecule has 0 atom stereocenters. The largest absolute Gasteiger partial charge is 0.493 e. The molecule has 10 heteroatoms. The third kappa shape index (κ3) is 4.82. The minimum Gasteiger partial charge on any atom is -0.493 e. The van der Waals surface area contributed by atoms with Crippen LogP contribution in [-0.4, -0.2) is 25.0 Å². The fourth-order valence-electron chi connectivity index (χ4n) is 2.52. The summed E-state index contributed by atoms with van der Waals surface area (Å²) in [7, 11) is 1.42. The average Bonchev–Trinajstić information content (AvgIpc) is 2.66. The van der Waals surface area contributed by atoms with E-state index in [1.165, 1.54) is 19.3 Å². The first-order valence-electron chi connectivity index (χ1n) is 8.11. The Morgan fingerprint density at radius 1 is 0.931 bits per heavy atom. The molecule has 29 heavy (non-hydrogen) atoms. The first kappa shape index (κ1) is 21.0. The summed E-state index contributed by atoms with van der Waals surface area (Å²) in [6.07, 6.45) is 1.29. The zero-order valence-corrected chi connectivity index (χ0v) is 17.1. The normalized spacial score (nSPS) is 13.7. The number of carbonyl (C=O) groups excluding carboxylic acids is 3. The van der Waals surface area contributed by atoms with Crippen molar-refractivity contribution in [2.75, 3.05) is 7.11 Å². The lowest BCUT2D eigenvalue weighted by molar-refractivity contribution is -0.123. The molecule has 1 saturated heterocycles. The number of hydrogen-bond acceptors (Lipinski definition) is 5. The van der Waals surface area contributed by atoms with Gasteiger partial charge < -0.3 is 9.47 Å². The highest BCUT2D eigenvalue weighted by Gasteiger charge is 2.28. The molecule has 1 heterocycles. The van der Waals surface area contributed by atoms with Crippen molar-refractivity contribution in [3.05, 3.63) is 62.1 Å². The van der Waals surface area contributed by atoms with Crippen molar-refractivity contribution >= 4 is 58.7 Å². The maximum Gasteiger partial charge on any atom is 0.328 e. The van der Waals surface area contributed by atoms with Crippen LogP contribution in [0.1, 0.15) is 11.1 Å². The zero-order chi connectivity index (χ0) is 21.1. The number of ether oxygens (including phenoxy) is 2. The Labute approximate surface area is 180 Å². The van der Waals surface area contributed by atoms with Crippen molar-refractivity contribution in [2.24, 2.45) is 0 Å². The Morgan fingerprint density at radius 3 is 2.24 bits per heavy atom. The van der Waals surface area contributed by atoms with Gasteiger partial charge in [-0.3, -0.25) is 20.2 Å². The quantitative estimate of drug-likeness (QED) is 0.525. The molecule has 0 aromatic heterocycles. The van der Waals surface area contributed by atoms with E-state index in [4.69, 9.17) is 44.3 Å². The topological polar surface area (TPSA) is 93.7 Å². The first-order valence-corrected chi connectivity index (χ1v) is 9.24. The Hall–Kier alpha value is -2.74. The predicted octanol–water partition coefficient (Wildman–Crippen LogP) is 3.98. The Bertz CT molecular complexity index is 1030. The van der Waals surface area contributed by atoms with Crippen LogP contribution in [0.25, 0.3) is 6.08 Å². The summed E-state index contributed by atoms with van der Waals surface area (Å²) in [5, 5.41) is 5.02. The third-order valence-electron chi connectivity index (χ3n) is 3.87. The number of rotatable bonds is 5. The SMILES string of the molecule is COc1cc(C=C2C(=O)NC(=O)NC2=O)cc(Cl)c1OCc1ccc(Cl)c(Cl)c1. The molecule has 0 unspecified atom stereocenters. The lowest BCUT2D eigenvalue weighted by Gasteiger charge is -2.16. The number of benzene rings is 2. The van der Waals surface area contributed by atoms with Gasteiger partial charge in [0.05, 0.1) is 22.2 Å². The summed E-state index contributed by atoms with van der Waals surface area (Å²) < 4.78 is 11.1. The molecule has 1 aliphatic heterocycles. The molecule has 0 aliphatic carbocycles. The second-order valence-electron chi connectivity index (χ2n) is 5.87. The molecular formula is C19H13Cl3N2O5. The number of nitrogens with one attached hydrogen (secondary N) is 2. The van der Waals surface area contributed by atoms with Gasteiger partial charge in [-0.2, -0.15) is 0 Å². The summed E-state index contributed by atoms with van der Waals surface area (Å²) >= 11 is 18.2. The molecule has 0 radical (unpaired) electrons. The number of carbonyl (C=O) groups is 3. The average molecular weight is 456 g/mol. The van der Waals surface area contributed by atoms with Crippen molar-refractivity contribution in [2.45, 2.75) is 6.61 Å². The second kappa shape index (κ2) is 8.73. The minimum atomic E-state index is -0.876. The molecule has 2 N–H and O–H groups in total. The lowest BCUT2D eigenvalue weighted by Crippen LogP contribution is -2.51. The highest BCUT2D eigenvalue weighted by atomic mass is 35.5. The van der Waals surface area contributed by atoms with Crippen LogP contribution in [0.15, 0.2) is 35.9 Å². The van der Waals surface area contributed by atoms with Crippen LogP contribution < -0.4 is 20.1 Å². The van der Waals surface area contributed by atoms with Crippen molar-refractivity contribution in [3.63, 3.8) is 0 Å². The smallest absolute Gasteiger partial charge is 0.328 e. The van der Waals surface area contributed by atoms with Gasteiger partial charge in [0.1, 0.15) is 12.2 Å². The summed E-state index contributed by atoms with van der Waals surface area (Å²) in [5.41, 5.74) is 0.930. The second-order valence-corrected chi connectivity index (χ2v) is 7.09. The van der Waals surface area contributed by atoms with Crippen molar-refractivity contribution in [3.8, 4) is 11.5 Å². The van der Waals surface area contributed by atoms with Gasteiger partial charge in [0.25, 0.3) is 11.8 Å². The van der Waals surface area contributed by atoms with Gasteiger partial charge in [0.15, 0.2) is 11.5 Å². The molecular weight excluding hydrogens is 443 g/mol. The van der Waals surface area contributed by atoms with Crippen LogP contribution in [0.3, 0.4) is 0 Å². The maximum absolute atomic E-state index is 11.9. The van der Waals surface area contributed by atoms with Gasteiger partial charge in [-0.25, -0.2) is 4.79 Å². The number of urea groups is 1. The van der Waals surface area contributed by atoms with E-state index < -0.39 is 17.8 Å². The van der Waals surface area contributed by atoms with Gasteiger partial charge in [0, 0.05) is 0 Å². The Morgan fingerprint density at radius 2 is 1.62 bits per heavy atom. The summed E-state index contributed by atoms with van der Waals surface area (Å²) in [5.74, 6) is -1.06. The summed E-state index contributed by atoms with van der Waals surface area (Å²) in [6.45, 7) is 0.153. The summed E-state index contributed by atoms with van der Waals surface area (Å²) in [6, 6.07) is 7.25. The van der Waals surface area contributed by atoms with E-state index in [9.17, 15) is 14.4 Å². The highest BCUT2D eigenvalue weighted by molar-refractivity contribution is 6.42. The van der Waals surface area contributed by atoms with E-state index in [2.05, 4.69) is 0 Å². The van der Waals surface area contributed by atoms with Gasteiger partial charge in [0.2, 0.25) is 0 Å². The van der Waals surface area contributed by atoms with E-state index >= 15 is 0 Å². The Balaban J connectivity index is 1.86. The van der Waals surface area contributed by atoms with E-state index in [1.807, 2.05) is 10.6 Å². The van der Waals surface area contributed by atoms with Crippen LogP contribution in [0, 0.1) is 0 Å². The predicted molar refractivity (Wildman–Crippen MR) is 108 cm³/mol. The van der Waals surface area contributed by atoms with Crippen LogP contribution in [0.4, 0.5) is 4.79 Å². The van der Waals surface area contributed by atoms with Crippen molar-refractivity contribution in [1.82, 2.24) is 10.6 Å². The molecule has 0 bridgehead atoms. The van der Waals surface area contributed by atoms with Crippen LogP contribution in [0.2, 0.25) is 15.1 Å². The standard InChI is InChI=1S/C19H13Cl3N2O5/c1-28-15-7-10(4-11-17(25)23-19(27)24-18(11)26)6-14(22)16(15)29-8-9-2-3-12(20)13(21)5-9/h2-7H,8H2,1H3,(H2,23,24,25,26,27). The molecule has 150 valence electrons. The molecule has 1 fully saturated rings. The molecule has 1 aliphatic rings. The van der Waals surface area contributed by atoms with Gasteiger partial charge in [-0.15, -0.1) is 0 Å². The first-order chi connectivity index (χ1) is 13.8. The van der Waals surface area contributed by atoms with E-state index in [1.54, 1.807) is 24.3 Å². The Kier molecular flexibility index (Phi) is 6.32. The molecule has 0 saturated carbocycles. The number of halogens is 3. The number of barbiturate groups is 1. The molecule has 2 aromatic rings. The lowest BCUT2D eigenvalue weighted by atomic mass is 10.1. The molecule has 7 nitrogen and oxygen atoms in total. The van der Waals surface area contributed by atoms with Crippen molar-refractivity contribution < 1.29 is 23.9 Å². The maximum atomic E-state index is 11.9. The number of methoxy groups -OCH3 is 1. The van der Waals surface area contributed by atoms with Crippen molar-refractivity contribution in [1.29, 1.82) is 0 Å². The number of hydrogen-bond donors (Lipinski definition) is 2. The van der Waals surface area contributed by atoms with Gasteiger partial charge >= 0.3 is 6.03 Å². The van der Waals surface area contributed by atoms with Crippen LogP contribution in [0.5, 0.6) is 11.5 Å². The molecule has 0 spiro atoms. The zero-order valence-electron chi connectivity index (χ0n) is 14.8. The fraction of sp³-hybridized carbons (Fsp3) is 0.105. The number of amides is 4. The molecule has 3 rings (SSSR count). The summed E-state index contributed by atoms with van der Waals surface area (Å²) in [4.78, 5) is 34.9. The monoisotopic (exact) mass is 454 g/mol. The third-order valence-corrected chi connectivity index (χ3v) is 4.89. The highest BCUT2D eigenvalue weighted by Crippen LogP contribution is 2.38. The van der Waals surface area contributed by atoms with Gasteiger partial charge in [-0.05, 0) is 41.5 Å². The van der Waals surface area contributed by atoms with E-state index in [-0.39, 0.29) is 28.7 Å². The van der Waals surface area contributed by atoms with Gasteiger partial charge in [-0.1, -0.05) is 40.9 Å². The fourth-order valence-corrected chi connectivity index (χ4v) is 3.12. The van der Waals surface area contributed by atoms with Crippen LogP contribution in [-0.2, 0) is 16.2 Å². The molecule has 4 amide bonds. The number of imide groups is 2. The van der Waals surface area contributed by atoms with E-state index in [0.29, 0.717) is 15.6 Å². The minimum absolute atomic E-state index is 0.153. The van der Waals surface area contributed by atoms with E-state index in [0.717, 1.165) is 5.56 Å². The molecule has 2 aromatic carbocycles.